The van der Waals surface area contributed by atoms with Crippen LogP contribution >= 0.6 is 0 Å². The summed E-state index contributed by atoms with van der Waals surface area (Å²) in [6.07, 6.45) is -9.04. The average Bonchev–Trinajstić information content (AvgIpc) is 3.00. The number of aryl methyl sites for hydroxylation is 1. The van der Waals surface area contributed by atoms with Crippen LogP contribution < -0.4 is 5.69 Å². The van der Waals surface area contributed by atoms with E-state index in [4.69, 9.17) is 0 Å². The number of likely N-dealkylation sites (tertiary alicyclic amines) is 1. The van der Waals surface area contributed by atoms with E-state index in [0.29, 0.717) is 30.8 Å². The van der Waals surface area contributed by atoms with Crippen LogP contribution in [-0.4, -0.2) is 38.2 Å². The van der Waals surface area contributed by atoms with Gasteiger partial charge in [-0.15, -0.1) is 0 Å². The minimum atomic E-state index is -5.04. The number of aromatic nitrogens is 3. The standard InChI is InChI=1S/C20H22F6N4O2/c1-11(2)30-16(27-28(3)18(30)32)12-5-4-6-29(10-12)17(31)13-7-14(19(21,22)23)9-15(8-13)20(24,25)26/h7-9,11-12H,4-6,10H2,1-3H3. The molecule has 1 aromatic carbocycles. The number of amides is 1. The molecule has 1 unspecified atom stereocenters. The molecular formula is C20H22F6N4O2. The van der Waals surface area contributed by atoms with Gasteiger partial charge in [0.05, 0.1) is 11.1 Å². The zero-order chi connectivity index (χ0) is 24.0. The molecule has 2 aromatic rings. The molecule has 1 amide bonds. The van der Waals surface area contributed by atoms with Crippen LogP contribution in [0.1, 0.15) is 66.0 Å². The van der Waals surface area contributed by atoms with Gasteiger partial charge in [0, 0.05) is 37.7 Å². The van der Waals surface area contributed by atoms with E-state index in [1.54, 1.807) is 13.8 Å². The molecule has 3 rings (SSSR count). The molecule has 0 aliphatic carbocycles. The maximum atomic E-state index is 13.2. The van der Waals surface area contributed by atoms with Crippen LogP contribution in [0.15, 0.2) is 23.0 Å². The number of carbonyl (C=O) groups excluding carboxylic acids is 1. The summed E-state index contributed by atoms with van der Waals surface area (Å²) >= 11 is 0. The SMILES string of the molecule is CC(C)n1c(C2CCCN(C(=O)c3cc(C(F)(F)F)cc(C(F)(F)F)c3)C2)nn(C)c1=O. The Balaban J connectivity index is 1.95. The van der Waals surface area contributed by atoms with Crippen molar-refractivity contribution >= 4 is 5.91 Å². The zero-order valence-electron chi connectivity index (χ0n) is 17.6. The summed E-state index contributed by atoms with van der Waals surface area (Å²) in [5, 5.41) is 4.25. The number of carbonyl (C=O) groups is 1. The van der Waals surface area contributed by atoms with E-state index < -0.39 is 35.0 Å². The highest BCUT2D eigenvalue weighted by Gasteiger charge is 2.38. The van der Waals surface area contributed by atoms with Crippen LogP contribution in [0.25, 0.3) is 0 Å². The predicted octanol–water partition coefficient (Wildman–Crippen LogP) is 4.22. The molecule has 0 spiro atoms. The number of hydrogen-bond donors (Lipinski definition) is 0. The van der Waals surface area contributed by atoms with Crippen molar-refractivity contribution in [1.29, 1.82) is 0 Å². The Bertz CT molecular complexity index is 1040. The van der Waals surface area contributed by atoms with Gasteiger partial charge in [-0.3, -0.25) is 9.36 Å². The molecule has 0 N–H and O–H groups in total. The van der Waals surface area contributed by atoms with Gasteiger partial charge in [-0.1, -0.05) is 0 Å². The van der Waals surface area contributed by atoms with Crippen molar-refractivity contribution in [2.75, 3.05) is 13.1 Å². The van der Waals surface area contributed by atoms with Gasteiger partial charge in [0.15, 0.2) is 0 Å². The third kappa shape index (κ3) is 4.68. The minimum Gasteiger partial charge on any atom is -0.338 e. The van der Waals surface area contributed by atoms with Crippen molar-refractivity contribution in [3.63, 3.8) is 0 Å². The Kier molecular flexibility index (Phi) is 6.18. The first-order valence-electron chi connectivity index (χ1n) is 9.94. The fraction of sp³-hybridized carbons (Fsp3) is 0.550. The van der Waals surface area contributed by atoms with Crippen LogP contribution in [0, 0.1) is 0 Å². The van der Waals surface area contributed by atoms with Crippen LogP contribution in [0.4, 0.5) is 26.3 Å². The Hall–Kier alpha value is -2.79. The van der Waals surface area contributed by atoms with Crippen molar-refractivity contribution in [1.82, 2.24) is 19.2 Å². The highest BCUT2D eigenvalue weighted by Crippen LogP contribution is 2.37. The fourth-order valence-corrected chi connectivity index (χ4v) is 3.90. The quantitative estimate of drug-likeness (QED) is 0.640. The van der Waals surface area contributed by atoms with Crippen molar-refractivity contribution in [3.8, 4) is 0 Å². The molecule has 12 heteroatoms. The lowest BCUT2D eigenvalue weighted by Gasteiger charge is -2.33. The molecule has 1 atom stereocenters. The molecule has 0 bridgehead atoms. The average molecular weight is 464 g/mol. The van der Waals surface area contributed by atoms with E-state index in [1.165, 1.54) is 21.2 Å². The third-order valence-electron chi connectivity index (χ3n) is 5.41. The molecule has 6 nitrogen and oxygen atoms in total. The molecule has 1 aromatic heterocycles. The van der Waals surface area contributed by atoms with Gasteiger partial charge in [0.1, 0.15) is 5.82 Å². The first-order valence-corrected chi connectivity index (χ1v) is 9.94. The summed E-state index contributed by atoms with van der Waals surface area (Å²) in [7, 11) is 1.48. The topological polar surface area (TPSA) is 60.1 Å². The third-order valence-corrected chi connectivity index (χ3v) is 5.41. The fourth-order valence-electron chi connectivity index (χ4n) is 3.90. The number of alkyl halides is 6. The largest absolute Gasteiger partial charge is 0.416 e. The zero-order valence-corrected chi connectivity index (χ0v) is 17.6. The molecule has 176 valence electrons. The summed E-state index contributed by atoms with van der Waals surface area (Å²) in [5.41, 5.74) is -4.11. The number of piperidine rings is 1. The number of halogens is 6. The molecular weight excluding hydrogens is 442 g/mol. The minimum absolute atomic E-state index is 0.00892. The summed E-state index contributed by atoms with van der Waals surface area (Å²) in [4.78, 5) is 26.5. The molecule has 32 heavy (non-hydrogen) atoms. The summed E-state index contributed by atoms with van der Waals surface area (Å²) < 4.78 is 81.5. The van der Waals surface area contributed by atoms with Crippen molar-refractivity contribution in [2.24, 2.45) is 7.05 Å². The lowest BCUT2D eigenvalue weighted by atomic mass is 9.95. The monoisotopic (exact) mass is 464 g/mol. The molecule has 1 fully saturated rings. The molecule has 1 saturated heterocycles. The lowest BCUT2D eigenvalue weighted by Crippen LogP contribution is -2.40. The van der Waals surface area contributed by atoms with E-state index in [0.717, 1.165) is 0 Å². The van der Waals surface area contributed by atoms with E-state index in [9.17, 15) is 35.9 Å². The second kappa shape index (κ2) is 8.28. The first kappa shape index (κ1) is 23.9. The normalized spacial score (nSPS) is 17.8. The Labute approximate surface area is 179 Å². The van der Waals surface area contributed by atoms with Gasteiger partial charge in [0.25, 0.3) is 5.91 Å². The summed E-state index contributed by atoms with van der Waals surface area (Å²) in [6, 6.07) is 0.651. The highest BCUT2D eigenvalue weighted by atomic mass is 19.4. The maximum Gasteiger partial charge on any atom is 0.416 e. The maximum absolute atomic E-state index is 13.2. The van der Waals surface area contributed by atoms with Crippen molar-refractivity contribution in [3.05, 3.63) is 51.2 Å². The molecule has 1 aliphatic heterocycles. The van der Waals surface area contributed by atoms with Crippen molar-refractivity contribution < 1.29 is 31.1 Å². The highest BCUT2D eigenvalue weighted by molar-refractivity contribution is 5.94. The van der Waals surface area contributed by atoms with Crippen molar-refractivity contribution in [2.45, 2.75) is 51.0 Å². The van der Waals surface area contributed by atoms with Crippen LogP contribution in [0.3, 0.4) is 0 Å². The first-order chi connectivity index (χ1) is 14.7. The van der Waals surface area contributed by atoms with Crippen LogP contribution in [0.5, 0.6) is 0 Å². The molecule has 2 heterocycles. The van der Waals surface area contributed by atoms with E-state index in [-0.39, 0.29) is 36.8 Å². The van der Waals surface area contributed by atoms with Gasteiger partial charge in [0.2, 0.25) is 0 Å². The Morgan fingerprint density at radius 3 is 2.12 bits per heavy atom. The summed E-state index contributed by atoms with van der Waals surface area (Å²) in [6.45, 7) is 3.78. The summed E-state index contributed by atoms with van der Waals surface area (Å²) in [5.74, 6) is -0.873. The van der Waals surface area contributed by atoms with Gasteiger partial charge >= 0.3 is 18.0 Å². The molecule has 1 aliphatic rings. The Morgan fingerprint density at radius 2 is 1.62 bits per heavy atom. The van der Waals surface area contributed by atoms with Gasteiger partial charge < -0.3 is 4.90 Å². The number of hydrogen-bond acceptors (Lipinski definition) is 3. The number of nitrogens with zero attached hydrogens (tertiary/aromatic N) is 4. The van der Waals surface area contributed by atoms with Gasteiger partial charge in [-0.05, 0) is 44.9 Å². The lowest BCUT2D eigenvalue weighted by molar-refractivity contribution is -0.143. The number of rotatable bonds is 3. The predicted molar refractivity (Wildman–Crippen MR) is 102 cm³/mol. The smallest absolute Gasteiger partial charge is 0.338 e. The van der Waals surface area contributed by atoms with E-state index in [2.05, 4.69) is 5.10 Å². The van der Waals surface area contributed by atoms with Crippen LogP contribution in [-0.2, 0) is 19.4 Å². The molecule has 0 saturated carbocycles. The Morgan fingerprint density at radius 1 is 1.06 bits per heavy atom. The van der Waals surface area contributed by atoms with Crippen LogP contribution in [0.2, 0.25) is 0 Å². The second-order valence-electron chi connectivity index (χ2n) is 8.11. The molecule has 0 radical (unpaired) electrons. The van der Waals surface area contributed by atoms with Gasteiger partial charge in [-0.25, -0.2) is 9.48 Å². The number of benzene rings is 1. The van der Waals surface area contributed by atoms with E-state index >= 15 is 0 Å². The van der Waals surface area contributed by atoms with E-state index in [1.807, 2.05) is 0 Å². The second-order valence-corrected chi connectivity index (χ2v) is 8.11. The van der Waals surface area contributed by atoms with Gasteiger partial charge in [-0.2, -0.15) is 31.4 Å².